The number of carbonyl (C=O) groups excluding carboxylic acids is 2. The van der Waals surface area contributed by atoms with Crippen molar-refractivity contribution in [3.05, 3.63) is 57.7 Å². The van der Waals surface area contributed by atoms with Gasteiger partial charge in [-0.2, -0.15) is 13.2 Å². The number of esters is 1. The molecule has 0 saturated carbocycles. The predicted octanol–water partition coefficient (Wildman–Crippen LogP) is 4.44. The van der Waals surface area contributed by atoms with Crippen LogP contribution in [0.15, 0.2) is 52.2 Å². The number of ketones is 1. The summed E-state index contributed by atoms with van der Waals surface area (Å²) in [7, 11) is 1.15. The Labute approximate surface area is 157 Å². The number of benzene rings is 1. The standard InChI is InChI=1S/C19H16F3NO3S/c1-9-14(18(25)26-3)16(12-8-27-13-7-5-4-6-11(12)13)15(10(2)24)17(23-9)19(20,21)22/h4-8,16,23H,1-3H3. The summed E-state index contributed by atoms with van der Waals surface area (Å²) < 4.78 is 46.6. The summed E-state index contributed by atoms with van der Waals surface area (Å²) in [6, 6.07) is 7.17. The molecule has 142 valence electrons. The van der Waals surface area contributed by atoms with Crippen LogP contribution in [0, 0.1) is 0 Å². The van der Waals surface area contributed by atoms with Crippen molar-refractivity contribution in [2.24, 2.45) is 0 Å². The lowest BCUT2D eigenvalue weighted by atomic mass is 9.78. The van der Waals surface area contributed by atoms with Gasteiger partial charge in [0.15, 0.2) is 5.78 Å². The fourth-order valence-corrected chi connectivity index (χ4v) is 4.33. The highest BCUT2D eigenvalue weighted by molar-refractivity contribution is 7.17. The lowest BCUT2D eigenvalue weighted by Crippen LogP contribution is -2.37. The molecule has 1 aliphatic heterocycles. The Morgan fingerprint density at radius 2 is 1.85 bits per heavy atom. The maximum absolute atomic E-state index is 13.7. The number of nitrogens with one attached hydrogen (secondary N) is 1. The number of rotatable bonds is 3. The zero-order valence-electron chi connectivity index (χ0n) is 14.7. The van der Waals surface area contributed by atoms with Gasteiger partial charge in [0.1, 0.15) is 5.70 Å². The van der Waals surface area contributed by atoms with Crippen molar-refractivity contribution in [1.82, 2.24) is 5.32 Å². The van der Waals surface area contributed by atoms with Crippen LogP contribution in [0.4, 0.5) is 13.2 Å². The molecular formula is C19H16F3NO3S. The molecule has 8 heteroatoms. The number of alkyl halides is 3. The fourth-order valence-electron chi connectivity index (χ4n) is 3.34. The van der Waals surface area contributed by atoms with Gasteiger partial charge in [-0.05, 0) is 36.2 Å². The van der Waals surface area contributed by atoms with E-state index in [0.29, 0.717) is 10.9 Å². The van der Waals surface area contributed by atoms with E-state index in [0.717, 1.165) is 18.7 Å². The van der Waals surface area contributed by atoms with E-state index in [4.69, 9.17) is 4.74 Å². The van der Waals surface area contributed by atoms with Crippen LogP contribution in [0.2, 0.25) is 0 Å². The molecule has 2 heterocycles. The third-order valence-corrected chi connectivity index (χ3v) is 5.43. The quantitative estimate of drug-likeness (QED) is 0.781. The number of hydrogen-bond acceptors (Lipinski definition) is 5. The van der Waals surface area contributed by atoms with Gasteiger partial charge < -0.3 is 10.1 Å². The number of allylic oxidation sites excluding steroid dienone is 3. The molecule has 1 N–H and O–H groups in total. The highest BCUT2D eigenvalue weighted by Crippen LogP contribution is 2.46. The molecule has 1 atom stereocenters. The molecule has 1 aromatic heterocycles. The molecule has 3 rings (SSSR count). The highest BCUT2D eigenvalue weighted by Gasteiger charge is 2.46. The first-order valence-corrected chi connectivity index (χ1v) is 8.89. The summed E-state index contributed by atoms with van der Waals surface area (Å²) in [6.45, 7) is 2.44. The zero-order valence-corrected chi connectivity index (χ0v) is 15.5. The molecule has 0 amide bonds. The maximum Gasteiger partial charge on any atom is 0.431 e. The molecule has 27 heavy (non-hydrogen) atoms. The van der Waals surface area contributed by atoms with E-state index in [1.165, 1.54) is 18.3 Å². The maximum atomic E-state index is 13.7. The van der Waals surface area contributed by atoms with Gasteiger partial charge in [-0.3, -0.25) is 4.79 Å². The van der Waals surface area contributed by atoms with Crippen molar-refractivity contribution in [3.8, 4) is 0 Å². The Morgan fingerprint density at radius 1 is 1.19 bits per heavy atom. The number of halogens is 3. The van der Waals surface area contributed by atoms with Crippen molar-refractivity contribution in [1.29, 1.82) is 0 Å². The topological polar surface area (TPSA) is 55.4 Å². The SMILES string of the molecule is COC(=O)C1=C(C)NC(C(F)(F)F)=C(C(C)=O)C1c1csc2ccccc12. The third kappa shape index (κ3) is 3.25. The molecule has 0 saturated heterocycles. The van der Waals surface area contributed by atoms with Crippen molar-refractivity contribution in [3.63, 3.8) is 0 Å². The van der Waals surface area contributed by atoms with Gasteiger partial charge in [-0.1, -0.05) is 18.2 Å². The monoisotopic (exact) mass is 395 g/mol. The molecule has 1 aliphatic rings. The largest absolute Gasteiger partial charge is 0.466 e. The van der Waals surface area contributed by atoms with Gasteiger partial charge in [0.2, 0.25) is 0 Å². The normalized spacial score (nSPS) is 17.9. The first-order valence-electron chi connectivity index (χ1n) is 8.01. The lowest BCUT2D eigenvalue weighted by Gasteiger charge is -2.31. The Kier molecular flexibility index (Phi) is 4.86. The van der Waals surface area contributed by atoms with Crippen LogP contribution in [0.3, 0.4) is 0 Å². The number of fused-ring (bicyclic) bond motifs is 1. The second kappa shape index (κ2) is 6.84. The van der Waals surface area contributed by atoms with E-state index < -0.39 is 35.1 Å². The fraction of sp³-hybridized carbons (Fsp3) is 0.263. The summed E-state index contributed by atoms with van der Waals surface area (Å²) >= 11 is 1.34. The first-order chi connectivity index (χ1) is 12.7. The summed E-state index contributed by atoms with van der Waals surface area (Å²) in [4.78, 5) is 24.7. The molecule has 0 bridgehead atoms. The summed E-state index contributed by atoms with van der Waals surface area (Å²) in [5.41, 5.74) is -1.14. The molecule has 4 nitrogen and oxygen atoms in total. The Bertz CT molecular complexity index is 1000. The van der Waals surface area contributed by atoms with E-state index in [1.807, 2.05) is 12.1 Å². The van der Waals surface area contributed by atoms with E-state index in [2.05, 4.69) is 5.32 Å². The third-order valence-electron chi connectivity index (χ3n) is 4.45. The summed E-state index contributed by atoms with van der Waals surface area (Å²) in [5.74, 6) is -2.70. The van der Waals surface area contributed by atoms with E-state index in [-0.39, 0.29) is 11.3 Å². The average molecular weight is 395 g/mol. The molecule has 1 aromatic carbocycles. The minimum absolute atomic E-state index is 0.000692. The van der Waals surface area contributed by atoms with Gasteiger partial charge in [0, 0.05) is 21.9 Å². The second-order valence-corrected chi connectivity index (χ2v) is 7.03. The molecular weight excluding hydrogens is 379 g/mol. The number of hydrogen-bond donors (Lipinski definition) is 1. The van der Waals surface area contributed by atoms with Gasteiger partial charge >= 0.3 is 12.1 Å². The number of Topliss-reactive ketones (excluding diaryl/α,β-unsaturated/α-hetero) is 1. The molecule has 0 radical (unpaired) electrons. The second-order valence-electron chi connectivity index (χ2n) is 6.12. The molecule has 1 unspecified atom stereocenters. The van der Waals surface area contributed by atoms with E-state index in [9.17, 15) is 22.8 Å². The predicted molar refractivity (Wildman–Crippen MR) is 96.2 cm³/mol. The van der Waals surface area contributed by atoms with E-state index >= 15 is 0 Å². The van der Waals surface area contributed by atoms with Crippen LogP contribution in [0.5, 0.6) is 0 Å². The number of methoxy groups -OCH3 is 1. The number of carbonyl (C=O) groups is 2. The molecule has 2 aromatic rings. The number of thiophene rings is 1. The Hall–Kier alpha value is -2.61. The van der Waals surface area contributed by atoms with Crippen molar-refractivity contribution in [2.45, 2.75) is 25.9 Å². The van der Waals surface area contributed by atoms with Gasteiger partial charge in [0.05, 0.1) is 12.7 Å². The van der Waals surface area contributed by atoms with Crippen LogP contribution in [-0.4, -0.2) is 25.0 Å². The number of dihydropyridines is 1. The van der Waals surface area contributed by atoms with Crippen LogP contribution >= 0.6 is 11.3 Å². The zero-order chi connectivity index (χ0) is 19.9. The first kappa shape index (κ1) is 19.2. The smallest absolute Gasteiger partial charge is 0.431 e. The molecule has 0 fully saturated rings. The minimum atomic E-state index is -4.77. The van der Waals surface area contributed by atoms with Crippen molar-refractivity contribution < 1.29 is 27.5 Å². The summed E-state index contributed by atoms with van der Waals surface area (Å²) in [6.07, 6.45) is -4.77. The van der Waals surface area contributed by atoms with Gasteiger partial charge in [-0.25, -0.2) is 4.79 Å². The van der Waals surface area contributed by atoms with Crippen LogP contribution in [0.1, 0.15) is 25.3 Å². The van der Waals surface area contributed by atoms with Crippen molar-refractivity contribution in [2.75, 3.05) is 7.11 Å². The minimum Gasteiger partial charge on any atom is -0.466 e. The van der Waals surface area contributed by atoms with Crippen LogP contribution in [0.25, 0.3) is 10.1 Å². The van der Waals surface area contributed by atoms with Crippen LogP contribution < -0.4 is 5.32 Å². The average Bonchev–Trinajstić information content (AvgIpc) is 3.02. The Balaban J connectivity index is 2.37. The Morgan fingerprint density at radius 3 is 2.44 bits per heavy atom. The molecule has 0 spiro atoms. The number of ether oxygens (including phenoxy) is 1. The summed E-state index contributed by atoms with van der Waals surface area (Å²) in [5, 5.41) is 4.60. The van der Waals surface area contributed by atoms with Gasteiger partial charge in [0.25, 0.3) is 0 Å². The van der Waals surface area contributed by atoms with Crippen LogP contribution in [-0.2, 0) is 14.3 Å². The lowest BCUT2D eigenvalue weighted by molar-refractivity contribution is -0.136. The van der Waals surface area contributed by atoms with E-state index in [1.54, 1.807) is 17.5 Å². The van der Waals surface area contributed by atoms with Crippen molar-refractivity contribution >= 4 is 33.2 Å². The van der Waals surface area contributed by atoms with Gasteiger partial charge in [-0.15, -0.1) is 11.3 Å². The highest BCUT2D eigenvalue weighted by atomic mass is 32.1. The molecule has 0 aliphatic carbocycles.